The van der Waals surface area contributed by atoms with Gasteiger partial charge in [-0.3, -0.25) is 0 Å². The summed E-state index contributed by atoms with van der Waals surface area (Å²) in [6.45, 7) is 6.27. The molecule has 0 spiro atoms. The quantitative estimate of drug-likeness (QED) is 0.850. The van der Waals surface area contributed by atoms with Gasteiger partial charge in [-0.2, -0.15) is 0 Å². The summed E-state index contributed by atoms with van der Waals surface area (Å²) in [5.74, 6) is 0. The zero-order chi connectivity index (χ0) is 13.3. The molecule has 3 heteroatoms. The van der Waals surface area contributed by atoms with E-state index in [-0.39, 0.29) is 6.04 Å². The maximum absolute atomic E-state index is 11.1. The number of fused-ring (bicyclic) bond motifs is 1. The number of hydrogen-bond acceptors (Lipinski definition) is 3. The highest BCUT2D eigenvalue weighted by atomic mass is 16.3. The standard InChI is InChI=1S/C16H24N2O/c1-2-18-11-8-16(19,9-12-18)15-14-6-4-3-5-13(14)7-10-17-15/h3-6,15,17,19H,2,7-12H2,1H3. The molecule has 104 valence electrons. The first-order valence-corrected chi connectivity index (χ1v) is 7.49. The molecule has 1 unspecified atom stereocenters. The van der Waals surface area contributed by atoms with Crippen LogP contribution in [0.25, 0.3) is 0 Å². The van der Waals surface area contributed by atoms with Gasteiger partial charge in [0.05, 0.1) is 11.6 Å². The van der Waals surface area contributed by atoms with Crippen molar-refractivity contribution in [3.05, 3.63) is 35.4 Å². The molecule has 1 saturated heterocycles. The summed E-state index contributed by atoms with van der Waals surface area (Å²) in [6, 6.07) is 8.68. The Morgan fingerprint density at radius 3 is 2.79 bits per heavy atom. The van der Waals surface area contributed by atoms with E-state index in [1.54, 1.807) is 0 Å². The maximum atomic E-state index is 11.1. The van der Waals surface area contributed by atoms with E-state index < -0.39 is 5.60 Å². The van der Waals surface area contributed by atoms with Gasteiger partial charge in [0.1, 0.15) is 0 Å². The van der Waals surface area contributed by atoms with Crippen LogP contribution in [0.15, 0.2) is 24.3 Å². The molecule has 1 fully saturated rings. The molecular weight excluding hydrogens is 236 g/mol. The minimum Gasteiger partial charge on any atom is -0.388 e. The molecule has 0 amide bonds. The third kappa shape index (κ3) is 2.42. The summed E-state index contributed by atoms with van der Waals surface area (Å²) >= 11 is 0. The van der Waals surface area contributed by atoms with Gasteiger partial charge >= 0.3 is 0 Å². The second-order valence-electron chi connectivity index (χ2n) is 5.87. The Balaban J connectivity index is 1.83. The minimum absolute atomic E-state index is 0.108. The molecule has 1 aromatic carbocycles. The van der Waals surface area contributed by atoms with Crippen LogP contribution in [0.3, 0.4) is 0 Å². The lowest BCUT2D eigenvalue weighted by Crippen LogP contribution is -2.53. The van der Waals surface area contributed by atoms with Crippen LogP contribution in [0.2, 0.25) is 0 Å². The monoisotopic (exact) mass is 260 g/mol. The second-order valence-corrected chi connectivity index (χ2v) is 5.87. The fourth-order valence-corrected chi connectivity index (χ4v) is 3.53. The summed E-state index contributed by atoms with van der Waals surface area (Å²) in [5, 5.41) is 14.6. The van der Waals surface area contributed by atoms with Crippen LogP contribution in [-0.4, -0.2) is 41.8 Å². The molecule has 0 saturated carbocycles. The van der Waals surface area contributed by atoms with E-state index in [0.29, 0.717) is 0 Å². The second kappa shape index (κ2) is 5.23. The van der Waals surface area contributed by atoms with Crippen molar-refractivity contribution in [3.8, 4) is 0 Å². The summed E-state index contributed by atoms with van der Waals surface area (Å²) in [5.41, 5.74) is 2.13. The lowest BCUT2D eigenvalue weighted by molar-refractivity contribution is -0.0519. The molecule has 3 rings (SSSR count). The van der Waals surface area contributed by atoms with E-state index in [9.17, 15) is 5.11 Å². The fraction of sp³-hybridized carbons (Fsp3) is 0.625. The highest BCUT2D eigenvalue weighted by Gasteiger charge is 2.41. The summed E-state index contributed by atoms with van der Waals surface area (Å²) in [7, 11) is 0. The van der Waals surface area contributed by atoms with Crippen LogP contribution < -0.4 is 5.32 Å². The number of likely N-dealkylation sites (tertiary alicyclic amines) is 1. The van der Waals surface area contributed by atoms with E-state index in [0.717, 1.165) is 45.4 Å². The van der Waals surface area contributed by atoms with Gasteiger partial charge in [-0.25, -0.2) is 0 Å². The Morgan fingerprint density at radius 2 is 2.05 bits per heavy atom. The Kier molecular flexibility index (Phi) is 3.61. The van der Waals surface area contributed by atoms with E-state index in [2.05, 4.69) is 41.4 Å². The van der Waals surface area contributed by atoms with Gasteiger partial charge in [0.15, 0.2) is 0 Å². The number of aliphatic hydroxyl groups is 1. The molecule has 0 radical (unpaired) electrons. The molecular formula is C16H24N2O. The summed E-state index contributed by atoms with van der Waals surface area (Å²) in [4.78, 5) is 2.42. The molecule has 0 aliphatic carbocycles. The van der Waals surface area contributed by atoms with Gasteiger partial charge in [-0.05, 0) is 43.5 Å². The van der Waals surface area contributed by atoms with Crippen LogP contribution in [0.1, 0.15) is 36.9 Å². The van der Waals surface area contributed by atoms with Gasteiger partial charge in [-0.1, -0.05) is 31.2 Å². The number of rotatable bonds is 2. The van der Waals surface area contributed by atoms with Gasteiger partial charge < -0.3 is 15.3 Å². The SMILES string of the molecule is CCN1CCC(O)(C2NCCc3ccccc32)CC1. The topological polar surface area (TPSA) is 35.5 Å². The first-order chi connectivity index (χ1) is 9.23. The van der Waals surface area contributed by atoms with Crippen molar-refractivity contribution in [1.82, 2.24) is 10.2 Å². The van der Waals surface area contributed by atoms with E-state index in [4.69, 9.17) is 0 Å². The van der Waals surface area contributed by atoms with Crippen molar-refractivity contribution in [2.75, 3.05) is 26.2 Å². The Hall–Kier alpha value is -0.900. The number of hydrogen-bond donors (Lipinski definition) is 2. The Bertz CT molecular complexity index is 438. The highest BCUT2D eigenvalue weighted by Crippen LogP contribution is 2.37. The average Bonchev–Trinajstić information content (AvgIpc) is 2.47. The number of piperidine rings is 1. The van der Waals surface area contributed by atoms with Gasteiger partial charge in [0.25, 0.3) is 0 Å². The summed E-state index contributed by atoms with van der Waals surface area (Å²) in [6.07, 6.45) is 2.81. The van der Waals surface area contributed by atoms with Crippen LogP contribution in [-0.2, 0) is 6.42 Å². The van der Waals surface area contributed by atoms with Gasteiger partial charge in [0.2, 0.25) is 0 Å². The number of benzene rings is 1. The number of nitrogens with zero attached hydrogens (tertiary/aromatic N) is 1. The molecule has 2 N–H and O–H groups in total. The molecule has 1 aromatic rings. The Labute approximate surface area is 115 Å². The minimum atomic E-state index is -0.581. The first kappa shape index (κ1) is 13.1. The largest absolute Gasteiger partial charge is 0.388 e. The summed E-state index contributed by atoms with van der Waals surface area (Å²) < 4.78 is 0. The third-order valence-corrected chi connectivity index (χ3v) is 4.82. The van der Waals surface area contributed by atoms with Crippen molar-refractivity contribution in [2.24, 2.45) is 0 Å². The molecule has 0 bridgehead atoms. The van der Waals surface area contributed by atoms with E-state index in [1.165, 1.54) is 11.1 Å². The molecule has 2 aliphatic rings. The molecule has 2 heterocycles. The lowest BCUT2D eigenvalue weighted by Gasteiger charge is -2.45. The van der Waals surface area contributed by atoms with Crippen LogP contribution >= 0.6 is 0 Å². The maximum Gasteiger partial charge on any atom is 0.0866 e. The van der Waals surface area contributed by atoms with Gasteiger partial charge in [0, 0.05) is 13.1 Å². The third-order valence-electron chi connectivity index (χ3n) is 4.82. The van der Waals surface area contributed by atoms with Crippen LogP contribution in [0.5, 0.6) is 0 Å². The van der Waals surface area contributed by atoms with E-state index >= 15 is 0 Å². The average molecular weight is 260 g/mol. The van der Waals surface area contributed by atoms with Crippen molar-refractivity contribution in [2.45, 2.75) is 37.8 Å². The molecule has 19 heavy (non-hydrogen) atoms. The fourth-order valence-electron chi connectivity index (χ4n) is 3.53. The van der Waals surface area contributed by atoms with Crippen LogP contribution in [0, 0.1) is 0 Å². The smallest absolute Gasteiger partial charge is 0.0866 e. The van der Waals surface area contributed by atoms with Crippen molar-refractivity contribution in [3.63, 3.8) is 0 Å². The zero-order valence-electron chi connectivity index (χ0n) is 11.7. The van der Waals surface area contributed by atoms with Crippen molar-refractivity contribution in [1.29, 1.82) is 0 Å². The van der Waals surface area contributed by atoms with E-state index in [1.807, 2.05) is 0 Å². The highest BCUT2D eigenvalue weighted by molar-refractivity contribution is 5.34. The predicted octanol–water partition coefficient (Wildman–Crippen LogP) is 1.72. The molecule has 0 aromatic heterocycles. The molecule has 1 atom stereocenters. The normalized spacial score (nSPS) is 26.9. The van der Waals surface area contributed by atoms with Crippen LogP contribution in [0.4, 0.5) is 0 Å². The van der Waals surface area contributed by atoms with Gasteiger partial charge in [-0.15, -0.1) is 0 Å². The Morgan fingerprint density at radius 1 is 1.32 bits per heavy atom. The zero-order valence-corrected chi connectivity index (χ0v) is 11.7. The predicted molar refractivity (Wildman–Crippen MR) is 77.2 cm³/mol. The molecule has 2 aliphatic heterocycles. The van der Waals surface area contributed by atoms with Crippen molar-refractivity contribution >= 4 is 0 Å². The first-order valence-electron chi connectivity index (χ1n) is 7.49. The number of nitrogens with one attached hydrogen (secondary N) is 1. The lowest BCUT2D eigenvalue weighted by atomic mass is 9.77. The van der Waals surface area contributed by atoms with Crippen molar-refractivity contribution < 1.29 is 5.11 Å². The molecule has 3 nitrogen and oxygen atoms in total.